The first-order valence-corrected chi connectivity index (χ1v) is 16.3. The molecule has 0 aromatic heterocycles. The SMILES string of the molecule is CN([C@H](C(=O)N1C[C@H]2[C@@H]([C@H]1C(=O)N[C@H](C#N)C[C@@H]1CCNC1=O)C2(C)C)C(C)(C)C)S(=O)(=O)c1ccc2ccccc2c1. The lowest BCUT2D eigenvalue weighted by Crippen LogP contribution is -2.60. The largest absolute Gasteiger partial charge is 0.356 e. The van der Waals surface area contributed by atoms with Crippen LogP contribution in [-0.2, 0) is 24.4 Å². The standard InChI is InChI=1S/C32H41N5O5S/c1-31(2,3)27(36(6)43(41,42)23-12-11-19-9-7-8-10-20(19)16-23)30(40)37-18-24-25(32(24,4)5)26(37)29(39)35-22(17-33)15-21-13-14-34-28(21)38/h7-12,16,21-22,24-27H,13-15,18H2,1-6H3,(H,34,38)(H,35,39)/t21-,22-,24-,25-,26-,27+/m0/s1. The predicted octanol–water partition coefficient (Wildman–Crippen LogP) is 2.89. The van der Waals surface area contributed by atoms with Gasteiger partial charge in [-0.3, -0.25) is 14.4 Å². The third-order valence-corrected chi connectivity index (χ3v) is 11.6. The number of piperidine rings is 1. The number of nitriles is 1. The van der Waals surface area contributed by atoms with E-state index in [0.717, 1.165) is 15.1 Å². The van der Waals surface area contributed by atoms with E-state index in [4.69, 9.17) is 0 Å². The maximum Gasteiger partial charge on any atom is 0.244 e. The minimum Gasteiger partial charge on any atom is -0.356 e. The molecule has 5 rings (SSSR count). The van der Waals surface area contributed by atoms with Crippen LogP contribution in [-0.4, -0.2) is 73.6 Å². The molecule has 2 aromatic rings. The first-order chi connectivity index (χ1) is 20.1. The lowest BCUT2D eigenvalue weighted by molar-refractivity contribution is -0.145. The highest BCUT2D eigenvalue weighted by Crippen LogP contribution is 2.65. The molecule has 230 valence electrons. The molecule has 10 nitrogen and oxygen atoms in total. The molecule has 0 spiro atoms. The van der Waals surface area contributed by atoms with Crippen LogP contribution >= 0.6 is 0 Å². The molecule has 2 N–H and O–H groups in total. The quantitative estimate of drug-likeness (QED) is 0.473. The summed E-state index contributed by atoms with van der Waals surface area (Å²) in [5.41, 5.74) is -0.976. The molecule has 2 aliphatic heterocycles. The van der Waals surface area contributed by atoms with E-state index >= 15 is 0 Å². The minimum atomic E-state index is -4.09. The Hall–Kier alpha value is -3.49. The molecule has 2 aromatic carbocycles. The third-order valence-electron chi connectivity index (χ3n) is 9.73. The number of hydrogen-bond donors (Lipinski definition) is 2. The van der Waals surface area contributed by atoms with Crippen molar-refractivity contribution in [3.05, 3.63) is 42.5 Å². The Kier molecular flexibility index (Phi) is 7.84. The van der Waals surface area contributed by atoms with Gasteiger partial charge in [0.05, 0.1) is 11.0 Å². The summed E-state index contributed by atoms with van der Waals surface area (Å²) >= 11 is 0. The summed E-state index contributed by atoms with van der Waals surface area (Å²) in [6, 6.07) is 11.7. The molecule has 2 saturated heterocycles. The molecule has 0 bridgehead atoms. The zero-order valence-electron chi connectivity index (χ0n) is 25.6. The molecular formula is C32H41N5O5S. The maximum absolute atomic E-state index is 14.4. The number of likely N-dealkylation sites (tertiary alicyclic amines) is 1. The molecule has 3 aliphatic rings. The van der Waals surface area contributed by atoms with Gasteiger partial charge in [0.15, 0.2) is 0 Å². The van der Waals surface area contributed by atoms with Crippen LogP contribution in [0.25, 0.3) is 10.8 Å². The fraction of sp³-hybridized carbons (Fsp3) is 0.562. The highest BCUT2D eigenvalue weighted by atomic mass is 32.2. The van der Waals surface area contributed by atoms with Crippen LogP contribution in [0, 0.1) is 39.9 Å². The highest BCUT2D eigenvalue weighted by molar-refractivity contribution is 7.89. The summed E-state index contributed by atoms with van der Waals surface area (Å²) in [7, 11) is -2.66. The summed E-state index contributed by atoms with van der Waals surface area (Å²) in [4.78, 5) is 41.9. The van der Waals surface area contributed by atoms with E-state index in [2.05, 4.69) is 30.6 Å². The molecule has 3 fully saturated rings. The maximum atomic E-state index is 14.4. The van der Waals surface area contributed by atoms with Crippen molar-refractivity contribution in [2.45, 2.75) is 70.5 Å². The lowest BCUT2D eigenvalue weighted by atomic mass is 9.85. The van der Waals surface area contributed by atoms with Crippen molar-refractivity contribution in [1.82, 2.24) is 19.8 Å². The molecule has 43 heavy (non-hydrogen) atoms. The van der Waals surface area contributed by atoms with Crippen molar-refractivity contribution in [3.63, 3.8) is 0 Å². The Morgan fingerprint density at radius 2 is 1.86 bits per heavy atom. The molecular weight excluding hydrogens is 566 g/mol. The van der Waals surface area contributed by atoms with Crippen molar-refractivity contribution in [2.75, 3.05) is 20.1 Å². The van der Waals surface area contributed by atoms with Gasteiger partial charge in [-0.15, -0.1) is 0 Å². The van der Waals surface area contributed by atoms with Gasteiger partial charge in [-0.2, -0.15) is 9.57 Å². The van der Waals surface area contributed by atoms with Gasteiger partial charge < -0.3 is 15.5 Å². The molecule has 11 heteroatoms. The van der Waals surface area contributed by atoms with E-state index in [9.17, 15) is 28.1 Å². The van der Waals surface area contributed by atoms with E-state index in [1.807, 2.05) is 45.0 Å². The van der Waals surface area contributed by atoms with E-state index < -0.39 is 45.4 Å². The van der Waals surface area contributed by atoms with Gasteiger partial charge in [-0.25, -0.2) is 8.42 Å². The second kappa shape index (κ2) is 10.9. The van der Waals surface area contributed by atoms with Crippen LogP contribution in [0.2, 0.25) is 0 Å². The average molecular weight is 608 g/mol. The normalized spacial score (nSPS) is 26.0. The van der Waals surface area contributed by atoms with Gasteiger partial charge in [0.1, 0.15) is 18.1 Å². The summed E-state index contributed by atoms with van der Waals surface area (Å²) < 4.78 is 29.1. The third kappa shape index (κ3) is 5.51. The average Bonchev–Trinajstić information content (AvgIpc) is 3.28. The second-order valence-corrected chi connectivity index (χ2v) is 15.9. The van der Waals surface area contributed by atoms with Gasteiger partial charge in [0, 0.05) is 26.1 Å². The van der Waals surface area contributed by atoms with Crippen molar-refractivity contribution in [3.8, 4) is 6.07 Å². The van der Waals surface area contributed by atoms with Crippen molar-refractivity contribution >= 4 is 38.5 Å². The fourth-order valence-electron chi connectivity index (χ4n) is 7.23. The van der Waals surface area contributed by atoms with Crippen molar-refractivity contribution < 1.29 is 22.8 Å². The smallest absolute Gasteiger partial charge is 0.244 e. The van der Waals surface area contributed by atoms with E-state index in [1.54, 1.807) is 18.2 Å². The summed E-state index contributed by atoms with van der Waals surface area (Å²) in [5.74, 6) is -1.39. The minimum absolute atomic E-state index is 0.0800. The van der Waals surface area contributed by atoms with Crippen LogP contribution in [0.1, 0.15) is 47.5 Å². The summed E-state index contributed by atoms with van der Waals surface area (Å²) in [6.07, 6.45) is 0.799. The second-order valence-electron chi connectivity index (χ2n) is 13.9. The molecule has 1 aliphatic carbocycles. The first kappa shape index (κ1) is 31.0. The van der Waals surface area contributed by atoms with Crippen molar-refractivity contribution in [2.24, 2.45) is 28.6 Å². The number of carbonyl (C=O) groups is 3. The van der Waals surface area contributed by atoms with E-state index in [0.29, 0.717) is 19.5 Å². The van der Waals surface area contributed by atoms with Crippen LogP contribution < -0.4 is 10.6 Å². The van der Waals surface area contributed by atoms with Gasteiger partial charge in [-0.05, 0) is 58.4 Å². The molecule has 0 radical (unpaired) electrons. The first-order valence-electron chi connectivity index (χ1n) is 14.8. The van der Waals surface area contributed by atoms with Crippen LogP contribution in [0.3, 0.4) is 0 Å². The highest BCUT2D eigenvalue weighted by Gasteiger charge is 2.70. The molecule has 2 heterocycles. The number of rotatable bonds is 8. The Labute approximate surface area is 253 Å². The lowest BCUT2D eigenvalue weighted by Gasteiger charge is -2.41. The van der Waals surface area contributed by atoms with Gasteiger partial charge in [-0.1, -0.05) is 65.0 Å². The molecule has 1 saturated carbocycles. The Morgan fingerprint density at radius 1 is 1.19 bits per heavy atom. The number of carbonyl (C=O) groups excluding carboxylic acids is 3. The molecule has 0 unspecified atom stereocenters. The number of likely N-dealkylation sites (N-methyl/N-ethyl adjacent to an activating group) is 1. The number of nitrogens with zero attached hydrogens (tertiary/aromatic N) is 3. The number of fused-ring (bicyclic) bond motifs is 2. The molecule has 3 amide bonds. The van der Waals surface area contributed by atoms with Crippen LogP contribution in [0.15, 0.2) is 47.4 Å². The molecule has 6 atom stereocenters. The topological polar surface area (TPSA) is 140 Å². The van der Waals surface area contributed by atoms with Crippen LogP contribution in [0.4, 0.5) is 0 Å². The van der Waals surface area contributed by atoms with Crippen LogP contribution in [0.5, 0.6) is 0 Å². The van der Waals surface area contributed by atoms with Gasteiger partial charge in [0.25, 0.3) is 0 Å². The number of amides is 3. The monoisotopic (exact) mass is 607 g/mol. The zero-order valence-corrected chi connectivity index (χ0v) is 26.4. The number of nitrogens with one attached hydrogen (secondary N) is 2. The Balaban J connectivity index is 1.42. The van der Waals surface area contributed by atoms with E-state index in [1.165, 1.54) is 11.9 Å². The van der Waals surface area contributed by atoms with E-state index in [-0.39, 0.29) is 40.4 Å². The summed E-state index contributed by atoms with van der Waals surface area (Å²) in [5, 5.41) is 17.0. The van der Waals surface area contributed by atoms with Gasteiger partial charge >= 0.3 is 0 Å². The predicted molar refractivity (Wildman–Crippen MR) is 162 cm³/mol. The number of benzene rings is 2. The fourth-order valence-corrected chi connectivity index (χ4v) is 8.76. The summed E-state index contributed by atoms with van der Waals surface area (Å²) in [6.45, 7) is 10.4. The Bertz CT molecular complexity index is 1610. The Morgan fingerprint density at radius 3 is 2.47 bits per heavy atom. The van der Waals surface area contributed by atoms with Crippen molar-refractivity contribution in [1.29, 1.82) is 5.26 Å². The van der Waals surface area contributed by atoms with Gasteiger partial charge in [0.2, 0.25) is 27.7 Å². The zero-order chi connectivity index (χ0) is 31.5. The number of hydrogen-bond acceptors (Lipinski definition) is 6. The number of sulfonamides is 1.